The first kappa shape index (κ1) is 26.0. The molecule has 10 heteroatoms. The minimum atomic E-state index is -0.637. The number of nitrogens with one attached hydrogen (secondary N) is 1. The molecule has 1 aromatic carbocycles. The van der Waals surface area contributed by atoms with Crippen LogP contribution in [0, 0.1) is 5.92 Å². The molecule has 186 valence electrons. The third-order valence-corrected chi connectivity index (χ3v) is 6.02. The number of nitrogens with two attached hydrogens (primary N) is 1. The van der Waals surface area contributed by atoms with Crippen LogP contribution >= 0.6 is 0 Å². The molecule has 2 amide bonds. The molecule has 1 saturated heterocycles. The Balaban J connectivity index is 1.71. The van der Waals surface area contributed by atoms with Crippen LogP contribution < -0.4 is 11.2 Å². The van der Waals surface area contributed by atoms with Crippen molar-refractivity contribution >= 4 is 23.7 Å². The molecule has 3 rings (SSSR count). The average molecular weight is 480 g/mol. The number of aliphatic imine (C=N–C) groups is 1. The lowest BCUT2D eigenvalue weighted by atomic mass is 10.0. The molecule has 3 atom stereocenters. The van der Waals surface area contributed by atoms with E-state index in [9.17, 15) is 14.7 Å². The Morgan fingerprint density at radius 1 is 1.29 bits per heavy atom. The molecule has 0 radical (unpaired) electrons. The van der Waals surface area contributed by atoms with E-state index in [1.54, 1.807) is 30.4 Å². The van der Waals surface area contributed by atoms with Crippen LogP contribution in [0.25, 0.3) is 11.3 Å². The molecule has 10 nitrogen and oxygen atoms in total. The summed E-state index contributed by atoms with van der Waals surface area (Å²) >= 11 is 0. The standard InChI is InChI=1S/C25H33N7O3/c1-16(2)23(29-13-17(3)31-26)25(35)32-12-4-5-22(32)24(34)30-21(15-33)19-8-6-18(7-9-19)20-14-27-10-11-28-20/h6-11,13-14,16,21-23,33H,4-5,12,15,26H2,1-3H3,(H,30,34)/t21-,22-,23-/m0/s1. The number of hydrogen-bond acceptors (Lipinski definition) is 8. The van der Waals surface area contributed by atoms with Crippen LogP contribution in [-0.4, -0.2) is 69.0 Å². The van der Waals surface area contributed by atoms with Gasteiger partial charge in [0.05, 0.1) is 30.3 Å². The Hall–Kier alpha value is -3.66. The number of likely N-dealkylation sites (tertiary alicyclic amines) is 1. The zero-order valence-corrected chi connectivity index (χ0v) is 20.3. The van der Waals surface area contributed by atoms with Gasteiger partial charge in [0.15, 0.2) is 0 Å². The molecule has 0 unspecified atom stereocenters. The molecule has 0 saturated carbocycles. The molecule has 0 spiro atoms. The Bertz CT molecular complexity index is 1050. The number of rotatable bonds is 9. The molecule has 0 bridgehead atoms. The van der Waals surface area contributed by atoms with Crippen molar-refractivity contribution in [1.29, 1.82) is 0 Å². The molecule has 4 N–H and O–H groups in total. The SMILES string of the molecule is CC(C=N[C@H](C(=O)N1CCC[C@H]1C(=O)N[C@@H](CO)c1ccc(-c2cnccn2)cc1)C(C)C)=NN. The van der Waals surface area contributed by atoms with Crippen molar-refractivity contribution < 1.29 is 14.7 Å². The second-order valence-corrected chi connectivity index (χ2v) is 8.88. The summed E-state index contributed by atoms with van der Waals surface area (Å²) in [6.45, 7) is 5.73. The maximum atomic E-state index is 13.3. The summed E-state index contributed by atoms with van der Waals surface area (Å²) in [5.74, 6) is 4.70. The molecule has 1 aromatic heterocycles. The Morgan fingerprint density at radius 2 is 2.03 bits per heavy atom. The number of hydrazone groups is 1. The van der Waals surface area contributed by atoms with Crippen LogP contribution in [0.4, 0.5) is 0 Å². The molecule has 1 aliphatic heterocycles. The van der Waals surface area contributed by atoms with E-state index >= 15 is 0 Å². The lowest BCUT2D eigenvalue weighted by Crippen LogP contribution is -2.50. The van der Waals surface area contributed by atoms with Crippen LogP contribution in [0.3, 0.4) is 0 Å². The van der Waals surface area contributed by atoms with E-state index in [4.69, 9.17) is 5.84 Å². The maximum absolute atomic E-state index is 13.3. The Kier molecular flexibility index (Phi) is 9.02. The zero-order chi connectivity index (χ0) is 25.4. The van der Waals surface area contributed by atoms with Gasteiger partial charge in [0.25, 0.3) is 0 Å². The van der Waals surface area contributed by atoms with E-state index in [-0.39, 0.29) is 24.3 Å². The summed E-state index contributed by atoms with van der Waals surface area (Å²) in [4.78, 5) is 40.8. The molecule has 2 heterocycles. The van der Waals surface area contributed by atoms with Crippen LogP contribution in [0.2, 0.25) is 0 Å². The van der Waals surface area contributed by atoms with Crippen molar-refractivity contribution in [3.63, 3.8) is 0 Å². The lowest BCUT2D eigenvalue weighted by molar-refractivity contribution is -0.140. The van der Waals surface area contributed by atoms with Crippen LogP contribution in [-0.2, 0) is 9.59 Å². The van der Waals surface area contributed by atoms with E-state index in [1.807, 2.05) is 38.1 Å². The fourth-order valence-electron chi connectivity index (χ4n) is 4.05. The Labute approximate surface area is 205 Å². The summed E-state index contributed by atoms with van der Waals surface area (Å²) in [5.41, 5.74) is 2.88. The number of nitrogens with zero attached hydrogens (tertiary/aromatic N) is 5. The molecule has 1 fully saturated rings. The number of carbonyl (C=O) groups excluding carboxylic acids is 2. The fourth-order valence-corrected chi connectivity index (χ4v) is 4.05. The quantitative estimate of drug-likeness (QED) is 0.283. The highest BCUT2D eigenvalue weighted by atomic mass is 16.3. The van der Waals surface area contributed by atoms with E-state index in [0.29, 0.717) is 18.7 Å². The molecule has 35 heavy (non-hydrogen) atoms. The lowest BCUT2D eigenvalue weighted by Gasteiger charge is -2.29. The minimum absolute atomic E-state index is 0.0633. The fraction of sp³-hybridized carbons (Fsp3) is 0.440. The van der Waals surface area contributed by atoms with Crippen molar-refractivity contribution in [3.8, 4) is 11.3 Å². The summed E-state index contributed by atoms with van der Waals surface area (Å²) in [5, 5.41) is 16.5. The van der Waals surface area contributed by atoms with Crippen LogP contribution in [0.5, 0.6) is 0 Å². The van der Waals surface area contributed by atoms with E-state index in [1.165, 1.54) is 6.21 Å². The smallest absolute Gasteiger partial charge is 0.248 e. The number of benzene rings is 1. The van der Waals surface area contributed by atoms with Gasteiger partial charge < -0.3 is 21.2 Å². The highest BCUT2D eigenvalue weighted by Crippen LogP contribution is 2.24. The van der Waals surface area contributed by atoms with Crippen LogP contribution in [0.15, 0.2) is 52.9 Å². The van der Waals surface area contributed by atoms with Gasteiger partial charge >= 0.3 is 0 Å². The van der Waals surface area contributed by atoms with Crippen molar-refractivity contribution in [1.82, 2.24) is 20.2 Å². The van der Waals surface area contributed by atoms with Gasteiger partial charge in [0.2, 0.25) is 11.8 Å². The predicted octanol–water partition coefficient (Wildman–Crippen LogP) is 1.71. The van der Waals surface area contributed by atoms with Crippen molar-refractivity contribution in [2.24, 2.45) is 21.9 Å². The van der Waals surface area contributed by atoms with Crippen LogP contribution in [0.1, 0.15) is 45.2 Å². The number of hydrogen-bond donors (Lipinski definition) is 3. The molecule has 0 aliphatic carbocycles. The van der Waals surface area contributed by atoms with Gasteiger partial charge in [-0.3, -0.25) is 24.5 Å². The van der Waals surface area contributed by atoms with Gasteiger partial charge in [0, 0.05) is 30.7 Å². The van der Waals surface area contributed by atoms with Gasteiger partial charge in [-0.15, -0.1) is 0 Å². The normalized spacial score (nSPS) is 18.1. The topological polar surface area (TPSA) is 146 Å². The maximum Gasteiger partial charge on any atom is 0.248 e. The number of aliphatic hydroxyl groups is 1. The first-order valence-corrected chi connectivity index (χ1v) is 11.7. The van der Waals surface area contributed by atoms with Gasteiger partial charge in [-0.1, -0.05) is 38.1 Å². The second kappa shape index (κ2) is 12.2. The van der Waals surface area contributed by atoms with Gasteiger partial charge in [-0.05, 0) is 31.2 Å². The first-order chi connectivity index (χ1) is 16.8. The summed E-state index contributed by atoms with van der Waals surface area (Å²) in [6.07, 6.45) is 7.66. The summed E-state index contributed by atoms with van der Waals surface area (Å²) in [6, 6.07) is 5.58. The first-order valence-electron chi connectivity index (χ1n) is 11.7. The number of amides is 2. The Morgan fingerprint density at radius 3 is 2.63 bits per heavy atom. The molecule has 2 aromatic rings. The third-order valence-electron chi connectivity index (χ3n) is 6.02. The largest absolute Gasteiger partial charge is 0.394 e. The van der Waals surface area contributed by atoms with Crippen molar-refractivity contribution in [2.45, 2.75) is 51.7 Å². The van der Waals surface area contributed by atoms with Gasteiger partial charge in [-0.25, -0.2) is 0 Å². The number of aliphatic hydroxyl groups excluding tert-OH is 1. The third kappa shape index (κ3) is 6.48. The second-order valence-electron chi connectivity index (χ2n) is 8.88. The van der Waals surface area contributed by atoms with E-state index in [0.717, 1.165) is 23.2 Å². The zero-order valence-electron chi connectivity index (χ0n) is 20.3. The highest BCUT2D eigenvalue weighted by Gasteiger charge is 2.38. The number of aromatic nitrogens is 2. The summed E-state index contributed by atoms with van der Waals surface area (Å²) in [7, 11) is 0. The van der Waals surface area contributed by atoms with E-state index < -0.39 is 18.1 Å². The molecular weight excluding hydrogens is 446 g/mol. The molecular formula is C25H33N7O3. The van der Waals surface area contributed by atoms with Crippen molar-refractivity contribution in [3.05, 3.63) is 48.4 Å². The average Bonchev–Trinajstić information content (AvgIpc) is 3.37. The van der Waals surface area contributed by atoms with E-state index in [2.05, 4.69) is 25.4 Å². The predicted molar refractivity (Wildman–Crippen MR) is 135 cm³/mol. The van der Waals surface area contributed by atoms with Crippen molar-refractivity contribution in [2.75, 3.05) is 13.2 Å². The van der Waals surface area contributed by atoms with Gasteiger partial charge in [-0.2, -0.15) is 5.10 Å². The number of carbonyl (C=O) groups is 2. The summed E-state index contributed by atoms with van der Waals surface area (Å²) < 4.78 is 0. The molecule has 1 aliphatic rings. The monoisotopic (exact) mass is 479 g/mol. The van der Waals surface area contributed by atoms with Gasteiger partial charge in [0.1, 0.15) is 12.1 Å². The minimum Gasteiger partial charge on any atom is -0.394 e. The highest BCUT2D eigenvalue weighted by molar-refractivity contribution is 6.29.